The average molecular weight is 116 g/mol. The fourth-order valence-corrected chi connectivity index (χ4v) is 0.483. The molecule has 0 aliphatic heterocycles. The van der Waals surface area contributed by atoms with Gasteiger partial charge in [-0.25, -0.2) is 10.0 Å². The molecule has 0 atom stereocenters. The van der Waals surface area contributed by atoms with Crippen LogP contribution in [0.2, 0.25) is 0 Å². The minimum atomic E-state index is 1.09. The fourth-order valence-electron chi connectivity index (χ4n) is 0.483. The first-order valence-electron chi connectivity index (χ1n) is 3.14. The maximum absolute atomic E-state index is 2.18. The largest absolute Gasteiger partial charge is 0.245 e. The minimum absolute atomic E-state index is 1.09. The van der Waals surface area contributed by atoms with Gasteiger partial charge in [0.15, 0.2) is 0 Å². The van der Waals surface area contributed by atoms with Crippen molar-refractivity contribution in [3.8, 4) is 0 Å². The molecule has 0 heterocycles. The third-order valence-corrected chi connectivity index (χ3v) is 1.50. The second-order valence-corrected chi connectivity index (χ2v) is 1.95. The Kier molecular flexibility index (Phi) is 3.83. The van der Waals surface area contributed by atoms with E-state index in [0.29, 0.717) is 0 Å². The van der Waals surface area contributed by atoms with Crippen LogP contribution in [0.1, 0.15) is 13.8 Å². The Hall–Kier alpha value is -0.0800. The van der Waals surface area contributed by atoms with Crippen molar-refractivity contribution in [3.63, 3.8) is 0 Å². The van der Waals surface area contributed by atoms with Crippen LogP contribution in [0.3, 0.4) is 0 Å². The van der Waals surface area contributed by atoms with Crippen molar-refractivity contribution in [1.82, 2.24) is 10.0 Å². The van der Waals surface area contributed by atoms with E-state index in [9.17, 15) is 0 Å². The standard InChI is InChI=1S/C6H16N2/c1-5-7(3)8(4)6-2/h5-6H2,1-4H3. The molecule has 50 valence electrons. The van der Waals surface area contributed by atoms with Gasteiger partial charge in [0.2, 0.25) is 0 Å². The zero-order valence-electron chi connectivity index (χ0n) is 6.31. The van der Waals surface area contributed by atoms with Gasteiger partial charge in [-0.2, -0.15) is 0 Å². The van der Waals surface area contributed by atoms with E-state index >= 15 is 0 Å². The first-order valence-corrected chi connectivity index (χ1v) is 3.14. The van der Waals surface area contributed by atoms with Crippen LogP contribution in [0.5, 0.6) is 0 Å². The zero-order chi connectivity index (χ0) is 6.57. The molecule has 0 unspecified atom stereocenters. The lowest BCUT2D eigenvalue weighted by molar-refractivity contribution is 0.0388. The van der Waals surface area contributed by atoms with E-state index < -0.39 is 0 Å². The SMILES string of the molecule is CCN(C)N(C)CC. The smallest absolute Gasteiger partial charge is 0.0101 e. The van der Waals surface area contributed by atoms with Gasteiger partial charge in [0, 0.05) is 27.2 Å². The molecule has 2 heteroatoms. The van der Waals surface area contributed by atoms with E-state index in [2.05, 4.69) is 38.0 Å². The molecular weight excluding hydrogens is 100 g/mol. The van der Waals surface area contributed by atoms with Gasteiger partial charge in [-0.1, -0.05) is 13.8 Å². The van der Waals surface area contributed by atoms with Crippen molar-refractivity contribution in [2.24, 2.45) is 0 Å². The highest BCUT2D eigenvalue weighted by Gasteiger charge is 1.96. The second kappa shape index (κ2) is 3.87. The lowest BCUT2D eigenvalue weighted by atomic mass is 10.7. The van der Waals surface area contributed by atoms with Crippen molar-refractivity contribution in [3.05, 3.63) is 0 Å². The van der Waals surface area contributed by atoms with E-state index in [1.54, 1.807) is 0 Å². The summed E-state index contributed by atoms with van der Waals surface area (Å²) >= 11 is 0. The van der Waals surface area contributed by atoms with Gasteiger partial charge in [-0.15, -0.1) is 0 Å². The van der Waals surface area contributed by atoms with Crippen LogP contribution in [0.15, 0.2) is 0 Å². The van der Waals surface area contributed by atoms with Gasteiger partial charge < -0.3 is 0 Å². The van der Waals surface area contributed by atoms with Crippen molar-refractivity contribution in [1.29, 1.82) is 0 Å². The van der Waals surface area contributed by atoms with Gasteiger partial charge in [0.25, 0.3) is 0 Å². The Balaban J connectivity index is 3.29. The van der Waals surface area contributed by atoms with E-state index in [-0.39, 0.29) is 0 Å². The molecule has 0 N–H and O–H groups in total. The third-order valence-electron chi connectivity index (χ3n) is 1.50. The molecule has 0 bridgehead atoms. The maximum Gasteiger partial charge on any atom is 0.0101 e. The molecule has 0 aromatic carbocycles. The molecule has 0 fully saturated rings. The van der Waals surface area contributed by atoms with Gasteiger partial charge in [-0.3, -0.25) is 0 Å². The molecule has 0 rings (SSSR count). The molecule has 8 heavy (non-hydrogen) atoms. The summed E-state index contributed by atoms with van der Waals surface area (Å²) in [5.74, 6) is 0. The predicted molar refractivity (Wildman–Crippen MR) is 36.6 cm³/mol. The molecule has 2 nitrogen and oxygen atoms in total. The molecule has 0 aromatic heterocycles. The second-order valence-electron chi connectivity index (χ2n) is 1.95. The number of rotatable bonds is 3. The van der Waals surface area contributed by atoms with Gasteiger partial charge >= 0.3 is 0 Å². The summed E-state index contributed by atoms with van der Waals surface area (Å²) in [7, 11) is 4.17. The summed E-state index contributed by atoms with van der Waals surface area (Å²) in [5, 5.41) is 4.36. The summed E-state index contributed by atoms with van der Waals surface area (Å²) in [6, 6.07) is 0. The average Bonchev–Trinajstić information content (AvgIpc) is 1.84. The van der Waals surface area contributed by atoms with Gasteiger partial charge in [0.1, 0.15) is 0 Å². The number of nitrogens with zero attached hydrogens (tertiary/aromatic N) is 2. The molecule has 0 radical (unpaired) electrons. The summed E-state index contributed by atoms with van der Waals surface area (Å²) in [6.07, 6.45) is 0. The predicted octanol–water partition coefficient (Wildman–Crippen LogP) is 0.805. The van der Waals surface area contributed by atoms with Crippen molar-refractivity contribution >= 4 is 0 Å². The molecular formula is C6H16N2. The molecule has 0 amide bonds. The fraction of sp³-hybridized carbons (Fsp3) is 1.00. The third kappa shape index (κ3) is 2.28. The van der Waals surface area contributed by atoms with Crippen LogP contribution >= 0.6 is 0 Å². The molecule has 0 aliphatic rings. The molecule has 0 spiro atoms. The minimum Gasteiger partial charge on any atom is -0.245 e. The normalized spacial score (nSPS) is 11.2. The summed E-state index contributed by atoms with van der Waals surface area (Å²) in [4.78, 5) is 0. The highest BCUT2D eigenvalue weighted by atomic mass is 15.6. The Labute approximate surface area is 52.1 Å². The van der Waals surface area contributed by atoms with Crippen molar-refractivity contribution in [2.75, 3.05) is 27.2 Å². The van der Waals surface area contributed by atoms with E-state index in [4.69, 9.17) is 0 Å². The maximum atomic E-state index is 2.18. The zero-order valence-corrected chi connectivity index (χ0v) is 6.31. The van der Waals surface area contributed by atoms with E-state index in [1.165, 1.54) is 0 Å². The van der Waals surface area contributed by atoms with Crippen LogP contribution in [0.25, 0.3) is 0 Å². The monoisotopic (exact) mass is 116 g/mol. The first kappa shape index (κ1) is 7.92. The number of hydrogen-bond donors (Lipinski definition) is 0. The van der Waals surface area contributed by atoms with Gasteiger partial charge in [0.05, 0.1) is 0 Å². The Morgan fingerprint density at radius 1 is 0.875 bits per heavy atom. The molecule has 0 aliphatic carbocycles. The van der Waals surface area contributed by atoms with Crippen LogP contribution < -0.4 is 0 Å². The lowest BCUT2D eigenvalue weighted by Gasteiger charge is -2.24. The van der Waals surface area contributed by atoms with E-state index in [1.807, 2.05) is 0 Å². The van der Waals surface area contributed by atoms with Crippen LogP contribution in [0, 0.1) is 0 Å². The summed E-state index contributed by atoms with van der Waals surface area (Å²) in [5.41, 5.74) is 0. The van der Waals surface area contributed by atoms with Crippen molar-refractivity contribution < 1.29 is 0 Å². The number of hydrogen-bond acceptors (Lipinski definition) is 2. The highest BCUT2D eigenvalue weighted by Crippen LogP contribution is 1.85. The van der Waals surface area contributed by atoms with E-state index in [0.717, 1.165) is 13.1 Å². The first-order chi connectivity index (χ1) is 3.72. The Bertz CT molecular complexity index is 46.5. The highest BCUT2D eigenvalue weighted by molar-refractivity contribution is 4.38. The summed E-state index contributed by atoms with van der Waals surface area (Å²) in [6.45, 7) is 6.47. The Morgan fingerprint density at radius 3 is 1.25 bits per heavy atom. The van der Waals surface area contributed by atoms with Crippen LogP contribution in [0.4, 0.5) is 0 Å². The Morgan fingerprint density at radius 2 is 1.12 bits per heavy atom. The van der Waals surface area contributed by atoms with Gasteiger partial charge in [-0.05, 0) is 0 Å². The quantitative estimate of drug-likeness (QED) is 0.503. The van der Waals surface area contributed by atoms with Crippen LogP contribution in [-0.4, -0.2) is 37.2 Å². The lowest BCUT2D eigenvalue weighted by Crippen LogP contribution is -2.35. The molecule has 0 saturated heterocycles. The topological polar surface area (TPSA) is 6.48 Å². The summed E-state index contributed by atoms with van der Waals surface area (Å²) < 4.78 is 0. The molecule has 0 saturated carbocycles. The van der Waals surface area contributed by atoms with Crippen LogP contribution in [-0.2, 0) is 0 Å². The molecule has 0 aromatic rings. The van der Waals surface area contributed by atoms with Crippen molar-refractivity contribution in [2.45, 2.75) is 13.8 Å². The number of hydrazine groups is 1.